The SMILES string of the molecule is O=C(O)C1(C(F)(F)F)Cc2cc([N+](=O)[O-])c(F)cc2O1. The minimum Gasteiger partial charge on any atom is -0.478 e. The summed E-state index contributed by atoms with van der Waals surface area (Å²) < 4.78 is 56.2. The van der Waals surface area contributed by atoms with Crippen LogP contribution in [0.5, 0.6) is 5.75 Å². The average molecular weight is 295 g/mol. The first-order chi connectivity index (χ1) is 9.08. The highest BCUT2D eigenvalue weighted by atomic mass is 19.4. The van der Waals surface area contributed by atoms with Crippen LogP contribution in [0.2, 0.25) is 0 Å². The predicted molar refractivity (Wildman–Crippen MR) is 53.8 cm³/mol. The van der Waals surface area contributed by atoms with E-state index in [1.54, 1.807) is 0 Å². The molecule has 0 radical (unpaired) electrons. The molecule has 1 aliphatic heterocycles. The van der Waals surface area contributed by atoms with Crippen molar-refractivity contribution in [3.8, 4) is 5.75 Å². The number of nitro groups is 1. The fourth-order valence-electron chi connectivity index (χ4n) is 1.85. The predicted octanol–water partition coefficient (Wildman–Crippen LogP) is 2.05. The molecule has 10 heteroatoms. The summed E-state index contributed by atoms with van der Waals surface area (Å²) in [5, 5.41) is 19.2. The number of aliphatic carboxylic acids is 1. The Morgan fingerprint density at radius 2 is 2.05 bits per heavy atom. The third-order valence-electron chi connectivity index (χ3n) is 2.85. The smallest absolute Gasteiger partial charge is 0.439 e. The molecule has 1 unspecified atom stereocenters. The first-order valence-electron chi connectivity index (χ1n) is 5.04. The van der Waals surface area contributed by atoms with Crippen LogP contribution in [0.25, 0.3) is 0 Å². The Labute approximate surface area is 107 Å². The number of benzene rings is 1. The zero-order valence-corrected chi connectivity index (χ0v) is 9.40. The van der Waals surface area contributed by atoms with Crippen LogP contribution in [0, 0.1) is 15.9 Å². The van der Waals surface area contributed by atoms with Crippen molar-refractivity contribution < 1.29 is 37.1 Å². The Hall–Kier alpha value is -2.39. The summed E-state index contributed by atoms with van der Waals surface area (Å²) in [7, 11) is 0. The molecule has 1 aliphatic rings. The van der Waals surface area contributed by atoms with Crippen LogP contribution in [0.3, 0.4) is 0 Å². The Morgan fingerprint density at radius 1 is 1.45 bits per heavy atom. The van der Waals surface area contributed by atoms with Crippen molar-refractivity contribution in [1.82, 2.24) is 0 Å². The molecule has 0 aromatic heterocycles. The summed E-state index contributed by atoms with van der Waals surface area (Å²) in [5.74, 6) is -4.38. The van der Waals surface area contributed by atoms with Gasteiger partial charge in [0.1, 0.15) is 5.75 Å². The molecule has 2 rings (SSSR count). The maximum absolute atomic E-state index is 13.3. The zero-order chi connectivity index (χ0) is 15.3. The quantitative estimate of drug-likeness (QED) is 0.512. The lowest BCUT2D eigenvalue weighted by Crippen LogP contribution is -2.55. The fourth-order valence-corrected chi connectivity index (χ4v) is 1.85. The van der Waals surface area contributed by atoms with Gasteiger partial charge < -0.3 is 9.84 Å². The third kappa shape index (κ3) is 1.84. The van der Waals surface area contributed by atoms with E-state index >= 15 is 0 Å². The minimum atomic E-state index is -5.26. The second-order valence-electron chi connectivity index (χ2n) is 4.08. The summed E-state index contributed by atoms with van der Waals surface area (Å²) >= 11 is 0. The minimum absolute atomic E-state index is 0.379. The van der Waals surface area contributed by atoms with E-state index in [1.807, 2.05) is 0 Å². The average Bonchev–Trinajstić information content (AvgIpc) is 2.66. The van der Waals surface area contributed by atoms with Gasteiger partial charge in [0.25, 0.3) is 0 Å². The lowest BCUT2D eigenvalue weighted by atomic mass is 9.96. The standard InChI is InChI=1S/C10H5F4NO5/c11-5-2-7-4(1-6(5)15(18)19)3-9(20-7,8(16)17)10(12,13)14/h1-2H,3H2,(H,16,17). The second kappa shape index (κ2) is 4.05. The first-order valence-corrected chi connectivity index (χ1v) is 5.04. The highest BCUT2D eigenvalue weighted by molar-refractivity contribution is 5.81. The number of nitrogens with zero attached hydrogens (tertiary/aromatic N) is 1. The molecule has 108 valence electrons. The van der Waals surface area contributed by atoms with Crippen LogP contribution in [-0.2, 0) is 11.2 Å². The summed E-state index contributed by atoms with van der Waals surface area (Å²) in [6.45, 7) is 0. The number of carboxylic acid groups (broad SMARTS) is 1. The monoisotopic (exact) mass is 295 g/mol. The van der Waals surface area contributed by atoms with Crippen molar-refractivity contribution >= 4 is 11.7 Å². The van der Waals surface area contributed by atoms with Crippen molar-refractivity contribution in [2.75, 3.05) is 0 Å². The van der Waals surface area contributed by atoms with Crippen molar-refractivity contribution in [2.45, 2.75) is 18.2 Å². The highest BCUT2D eigenvalue weighted by Crippen LogP contribution is 2.46. The molecular weight excluding hydrogens is 290 g/mol. The number of fused-ring (bicyclic) bond motifs is 1. The van der Waals surface area contributed by atoms with Gasteiger partial charge in [0, 0.05) is 24.1 Å². The molecule has 0 bridgehead atoms. The van der Waals surface area contributed by atoms with Gasteiger partial charge in [0.15, 0.2) is 0 Å². The number of ether oxygens (including phenoxy) is 1. The molecule has 0 saturated carbocycles. The van der Waals surface area contributed by atoms with Gasteiger partial charge in [0.05, 0.1) is 4.92 Å². The normalized spacial score (nSPS) is 21.2. The summed E-state index contributed by atoms with van der Waals surface area (Å²) in [6.07, 6.45) is -6.43. The van der Waals surface area contributed by atoms with Crippen LogP contribution in [0.4, 0.5) is 23.2 Å². The van der Waals surface area contributed by atoms with E-state index in [0.29, 0.717) is 12.1 Å². The molecule has 0 aliphatic carbocycles. The van der Waals surface area contributed by atoms with Gasteiger partial charge in [-0.05, 0) is 0 Å². The number of carbonyl (C=O) groups is 1. The molecule has 0 saturated heterocycles. The van der Waals surface area contributed by atoms with E-state index in [0.717, 1.165) is 0 Å². The number of hydrogen-bond donors (Lipinski definition) is 1. The summed E-state index contributed by atoms with van der Waals surface area (Å²) in [4.78, 5) is 20.2. The van der Waals surface area contributed by atoms with Gasteiger partial charge >= 0.3 is 23.4 Å². The van der Waals surface area contributed by atoms with E-state index in [9.17, 15) is 32.5 Å². The number of alkyl halides is 3. The summed E-state index contributed by atoms with van der Waals surface area (Å²) in [5.41, 5.74) is -5.00. The number of rotatable bonds is 2. The number of halogens is 4. The van der Waals surface area contributed by atoms with Crippen molar-refractivity contribution in [3.63, 3.8) is 0 Å². The lowest BCUT2D eigenvalue weighted by molar-refractivity contribution is -0.387. The van der Waals surface area contributed by atoms with Crippen LogP contribution in [0.15, 0.2) is 12.1 Å². The molecule has 1 aromatic carbocycles. The third-order valence-corrected chi connectivity index (χ3v) is 2.85. The molecule has 1 N–H and O–H groups in total. The van der Waals surface area contributed by atoms with Crippen molar-refractivity contribution in [2.24, 2.45) is 0 Å². The van der Waals surface area contributed by atoms with Crippen molar-refractivity contribution in [1.29, 1.82) is 0 Å². The van der Waals surface area contributed by atoms with Crippen LogP contribution in [-0.4, -0.2) is 27.8 Å². The highest BCUT2D eigenvalue weighted by Gasteiger charge is 2.66. The van der Waals surface area contributed by atoms with Crippen LogP contribution < -0.4 is 4.74 Å². The first kappa shape index (κ1) is 14.0. The molecule has 1 atom stereocenters. The van der Waals surface area contributed by atoms with Gasteiger partial charge in [0.2, 0.25) is 5.82 Å². The Bertz CT molecular complexity index is 614. The molecule has 1 aromatic rings. The second-order valence-corrected chi connectivity index (χ2v) is 4.08. The fraction of sp³-hybridized carbons (Fsp3) is 0.300. The van der Waals surface area contributed by atoms with Crippen molar-refractivity contribution in [3.05, 3.63) is 33.6 Å². The summed E-state index contributed by atoms with van der Waals surface area (Å²) in [6, 6.07) is 0.922. The van der Waals surface area contributed by atoms with Gasteiger partial charge in [-0.15, -0.1) is 0 Å². The van der Waals surface area contributed by atoms with Crippen LogP contribution in [0.1, 0.15) is 5.56 Å². The molecule has 1 heterocycles. The van der Waals surface area contributed by atoms with Gasteiger partial charge in [-0.1, -0.05) is 0 Å². The Morgan fingerprint density at radius 3 is 2.50 bits per heavy atom. The number of nitro benzene ring substituents is 1. The number of hydrogen-bond acceptors (Lipinski definition) is 4. The van der Waals surface area contributed by atoms with Gasteiger partial charge in [-0.3, -0.25) is 10.1 Å². The molecule has 0 spiro atoms. The van der Waals surface area contributed by atoms with Gasteiger partial charge in [-0.25, -0.2) is 4.79 Å². The molecule has 20 heavy (non-hydrogen) atoms. The van der Waals surface area contributed by atoms with Gasteiger partial charge in [-0.2, -0.15) is 17.6 Å². The Kier molecular flexibility index (Phi) is 2.84. The molecular formula is C10H5F4NO5. The topological polar surface area (TPSA) is 89.7 Å². The number of carboxylic acids is 1. The maximum Gasteiger partial charge on any atom is 0.439 e. The van der Waals surface area contributed by atoms with E-state index in [4.69, 9.17) is 5.11 Å². The van der Waals surface area contributed by atoms with E-state index in [2.05, 4.69) is 4.74 Å². The maximum atomic E-state index is 13.3. The Balaban J connectivity index is 2.55. The molecule has 0 amide bonds. The van der Waals surface area contributed by atoms with E-state index < -0.39 is 51.9 Å². The molecule has 6 nitrogen and oxygen atoms in total. The lowest BCUT2D eigenvalue weighted by Gasteiger charge is -2.26. The van der Waals surface area contributed by atoms with E-state index in [1.165, 1.54) is 0 Å². The zero-order valence-electron chi connectivity index (χ0n) is 9.40. The largest absolute Gasteiger partial charge is 0.478 e. The van der Waals surface area contributed by atoms with E-state index in [-0.39, 0.29) is 0 Å². The van der Waals surface area contributed by atoms with Crippen LogP contribution >= 0.6 is 0 Å². The molecule has 0 fully saturated rings.